The molecule has 0 unspecified atom stereocenters. The lowest BCUT2D eigenvalue weighted by molar-refractivity contribution is 0.286. The average Bonchev–Trinajstić information content (AvgIpc) is 2.71. The van der Waals surface area contributed by atoms with Crippen molar-refractivity contribution in [2.75, 3.05) is 6.61 Å². The van der Waals surface area contributed by atoms with Crippen LogP contribution in [0.1, 0.15) is 31.4 Å². The number of benzene rings is 3. The minimum absolute atomic E-state index is 0.283. The Morgan fingerprint density at radius 1 is 0.741 bits per heavy atom. The van der Waals surface area contributed by atoms with Gasteiger partial charge in [0, 0.05) is 6.07 Å². The van der Waals surface area contributed by atoms with Gasteiger partial charge in [0.05, 0.1) is 6.61 Å². The van der Waals surface area contributed by atoms with Crippen molar-refractivity contribution in [1.82, 2.24) is 0 Å². The molecule has 144 valence electrons. The topological polar surface area (TPSA) is 49.7 Å². The summed E-state index contributed by atoms with van der Waals surface area (Å²) < 4.78 is 5.34. The zero-order valence-electron chi connectivity index (χ0n) is 16.4. The molecular formula is C24H30O3. The summed E-state index contributed by atoms with van der Waals surface area (Å²) in [5.41, 5.74) is 2.52. The Kier molecular flexibility index (Phi) is 10.9. The first-order valence-corrected chi connectivity index (χ1v) is 9.35. The fourth-order valence-electron chi connectivity index (χ4n) is 2.29. The molecule has 3 aromatic rings. The monoisotopic (exact) mass is 366 g/mol. The van der Waals surface area contributed by atoms with E-state index in [-0.39, 0.29) is 5.75 Å². The van der Waals surface area contributed by atoms with Crippen LogP contribution in [0.15, 0.2) is 78.9 Å². The van der Waals surface area contributed by atoms with Gasteiger partial charge in [-0.25, -0.2) is 0 Å². The fourth-order valence-corrected chi connectivity index (χ4v) is 2.29. The first-order valence-electron chi connectivity index (χ1n) is 9.35. The molecule has 0 spiro atoms. The lowest BCUT2D eigenvalue weighted by atomic mass is 10.1. The summed E-state index contributed by atoms with van der Waals surface area (Å²) in [7, 11) is 0. The third-order valence-corrected chi connectivity index (χ3v) is 3.60. The van der Waals surface area contributed by atoms with Crippen molar-refractivity contribution in [2.24, 2.45) is 0 Å². The maximum Gasteiger partial charge on any atom is 0.126 e. The van der Waals surface area contributed by atoms with Gasteiger partial charge < -0.3 is 14.9 Å². The van der Waals surface area contributed by atoms with E-state index in [0.29, 0.717) is 5.75 Å². The van der Waals surface area contributed by atoms with Crippen LogP contribution in [0, 0.1) is 6.92 Å². The van der Waals surface area contributed by atoms with Crippen molar-refractivity contribution in [2.45, 2.75) is 33.6 Å². The van der Waals surface area contributed by atoms with Crippen molar-refractivity contribution >= 4 is 0 Å². The number of hydrogen-bond acceptors (Lipinski definition) is 3. The summed E-state index contributed by atoms with van der Waals surface area (Å²) in [4.78, 5) is 0. The van der Waals surface area contributed by atoms with Crippen LogP contribution < -0.4 is 4.74 Å². The van der Waals surface area contributed by atoms with Crippen molar-refractivity contribution in [1.29, 1.82) is 0 Å². The van der Waals surface area contributed by atoms with E-state index in [9.17, 15) is 0 Å². The van der Waals surface area contributed by atoms with Gasteiger partial charge in [-0.1, -0.05) is 74.0 Å². The smallest absolute Gasteiger partial charge is 0.126 e. The van der Waals surface area contributed by atoms with E-state index in [1.807, 2.05) is 44.2 Å². The van der Waals surface area contributed by atoms with Gasteiger partial charge in [0.1, 0.15) is 17.2 Å². The Labute approximate surface area is 162 Å². The number of phenolic OH excluding ortho intramolecular Hbond substituents is 2. The van der Waals surface area contributed by atoms with E-state index >= 15 is 0 Å². The Morgan fingerprint density at radius 3 is 1.81 bits per heavy atom. The molecule has 1 heterocycles. The van der Waals surface area contributed by atoms with Crippen molar-refractivity contribution in [3.05, 3.63) is 90.0 Å². The van der Waals surface area contributed by atoms with Crippen LogP contribution in [0.4, 0.5) is 0 Å². The summed E-state index contributed by atoms with van der Waals surface area (Å²) in [6.45, 7) is 6.86. The molecule has 0 aliphatic carbocycles. The predicted octanol–water partition coefficient (Wildman–Crippen LogP) is 6.13. The maximum atomic E-state index is 9.11. The summed E-state index contributed by atoms with van der Waals surface area (Å²) in [5, 5.41) is 17.7. The Hall–Kier alpha value is -2.94. The van der Waals surface area contributed by atoms with Crippen LogP contribution in [0.5, 0.6) is 17.2 Å². The molecule has 0 fully saturated rings. The number of hydrogen-bond donors (Lipinski definition) is 2. The van der Waals surface area contributed by atoms with Crippen LogP contribution in [0.2, 0.25) is 0 Å². The van der Waals surface area contributed by atoms with Gasteiger partial charge in [-0.15, -0.1) is 0 Å². The van der Waals surface area contributed by atoms with Gasteiger partial charge in [-0.2, -0.15) is 0 Å². The highest BCUT2D eigenvalue weighted by molar-refractivity contribution is 5.40. The number of ether oxygens (including phenoxy) is 1. The van der Waals surface area contributed by atoms with Gasteiger partial charge in [-0.05, 0) is 43.5 Å². The number of rotatable bonds is 0. The SMILES string of the molecule is CC.Cc1ccccc1.Oc1ccc2c(c1)OCCC2.Oc1ccccc1. The molecule has 3 heteroatoms. The molecule has 0 bridgehead atoms. The van der Waals surface area contributed by atoms with Gasteiger partial charge >= 0.3 is 0 Å². The molecule has 3 aromatic carbocycles. The minimum atomic E-state index is 0.283. The summed E-state index contributed by atoms with van der Waals surface area (Å²) in [6, 6.07) is 24.3. The van der Waals surface area contributed by atoms with Gasteiger partial charge in [0.15, 0.2) is 0 Å². The first-order chi connectivity index (χ1) is 13.1. The molecule has 2 N–H and O–H groups in total. The molecular weight excluding hydrogens is 336 g/mol. The second kappa shape index (κ2) is 13.3. The summed E-state index contributed by atoms with van der Waals surface area (Å²) in [6.07, 6.45) is 2.15. The maximum absolute atomic E-state index is 9.11. The van der Waals surface area contributed by atoms with Gasteiger partial charge in [-0.3, -0.25) is 0 Å². The highest BCUT2D eigenvalue weighted by Crippen LogP contribution is 2.27. The predicted molar refractivity (Wildman–Crippen MR) is 113 cm³/mol. The number of para-hydroxylation sites is 1. The number of aryl methyl sites for hydroxylation is 2. The van der Waals surface area contributed by atoms with Crippen LogP contribution in [0.25, 0.3) is 0 Å². The van der Waals surface area contributed by atoms with E-state index < -0.39 is 0 Å². The van der Waals surface area contributed by atoms with Gasteiger partial charge in [0.25, 0.3) is 0 Å². The van der Waals surface area contributed by atoms with Crippen LogP contribution in [-0.2, 0) is 6.42 Å². The average molecular weight is 367 g/mol. The van der Waals surface area contributed by atoms with Crippen LogP contribution in [-0.4, -0.2) is 16.8 Å². The molecule has 4 rings (SSSR count). The van der Waals surface area contributed by atoms with Crippen LogP contribution >= 0.6 is 0 Å². The second-order valence-electron chi connectivity index (χ2n) is 5.73. The zero-order chi connectivity index (χ0) is 19.9. The Morgan fingerprint density at radius 2 is 1.33 bits per heavy atom. The molecule has 27 heavy (non-hydrogen) atoms. The Bertz CT molecular complexity index is 703. The molecule has 1 aliphatic heterocycles. The third kappa shape index (κ3) is 9.36. The number of fused-ring (bicyclic) bond motifs is 1. The van der Waals surface area contributed by atoms with E-state index in [1.165, 1.54) is 11.1 Å². The minimum Gasteiger partial charge on any atom is -0.508 e. The molecule has 0 aromatic heterocycles. The van der Waals surface area contributed by atoms with E-state index in [2.05, 4.69) is 19.1 Å². The van der Waals surface area contributed by atoms with E-state index in [4.69, 9.17) is 14.9 Å². The van der Waals surface area contributed by atoms with Crippen molar-refractivity contribution in [3.63, 3.8) is 0 Å². The van der Waals surface area contributed by atoms with Crippen molar-refractivity contribution < 1.29 is 14.9 Å². The fraction of sp³-hybridized carbons (Fsp3) is 0.250. The normalized spacial score (nSPS) is 10.9. The molecule has 3 nitrogen and oxygen atoms in total. The third-order valence-electron chi connectivity index (χ3n) is 3.60. The first kappa shape index (κ1) is 22.1. The molecule has 0 atom stereocenters. The van der Waals surface area contributed by atoms with Crippen molar-refractivity contribution in [3.8, 4) is 17.2 Å². The lowest BCUT2D eigenvalue weighted by Gasteiger charge is -2.16. The summed E-state index contributed by atoms with van der Waals surface area (Å²) in [5.74, 6) is 1.45. The lowest BCUT2D eigenvalue weighted by Crippen LogP contribution is -2.07. The molecule has 1 aliphatic rings. The number of phenols is 2. The molecule has 0 saturated heterocycles. The summed E-state index contributed by atoms with van der Waals surface area (Å²) >= 11 is 0. The second-order valence-corrected chi connectivity index (χ2v) is 5.73. The Balaban J connectivity index is 0.000000201. The quantitative estimate of drug-likeness (QED) is 0.503. The van der Waals surface area contributed by atoms with E-state index in [0.717, 1.165) is 25.2 Å². The van der Waals surface area contributed by atoms with Gasteiger partial charge in [0.2, 0.25) is 0 Å². The number of aromatic hydroxyl groups is 2. The molecule has 0 radical (unpaired) electrons. The highest BCUT2D eigenvalue weighted by Gasteiger charge is 2.09. The largest absolute Gasteiger partial charge is 0.508 e. The molecule has 0 saturated carbocycles. The molecule has 0 amide bonds. The standard InChI is InChI=1S/C9H10O2.C7H8.C6H6O.C2H6/c10-8-4-3-7-2-1-5-11-9(7)6-8;1-7-5-3-2-4-6-7;7-6-4-2-1-3-5-6;1-2/h3-4,6,10H,1-2,5H2;2-6H,1H3;1-5,7H;1-2H3. The highest BCUT2D eigenvalue weighted by atomic mass is 16.5. The zero-order valence-corrected chi connectivity index (χ0v) is 16.4. The van der Waals surface area contributed by atoms with Crippen LogP contribution in [0.3, 0.4) is 0 Å². The van der Waals surface area contributed by atoms with E-state index in [1.54, 1.807) is 36.4 Å².